The number of rotatable bonds is 1. The summed E-state index contributed by atoms with van der Waals surface area (Å²) in [6.45, 7) is 2.03. The van der Waals surface area contributed by atoms with Crippen molar-refractivity contribution in [1.29, 1.82) is 0 Å². The third kappa shape index (κ3) is 2.29. The summed E-state index contributed by atoms with van der Waals surface area (Å²) in [7, 11) is 0. The molecule has 1 aliphatic carbocycles. The molecule has 0 unspecified atom stereocenters. The van der Waals surface area contributed by atoms with Crippen LogP contribution in [0.4, 0.5) is 0 Å². The second-order valence-corrected chi connectivity index (χ2v) is 6.46. The van der Waals surface area contributed by atoms with Crippen LogP contribution in [0, 0.1) is 0 Å². The second kappa shape index (κ2) is 5.39. The third-order valence-corrected chi connectivity index (χ3v) is 5.01. The minimum absolute atomic E-state index is 0.0862. The maximum atomic E-state index is 13.0. The van der Waals surface area contributed by atoms with Crippen molar-refractivity contribution < 1.29 is 9.53 Å². The average Bonchev–Trinajstić information content (AvgIpc) is 3.03. The molecule has 1 saturated heterocycles. The lowest BCUT2D eigenvalue weighted by Crippen LogP contribution is -2.54. The lowest BCUT2D eigenvalue weighted by atomic mass is 9.83. The minimum Gasteiger partial charge on any atom is -0.371 e. The van der Waals surface area contributed by atoms with E-state index < -0.39 is 0 Å². The minimum atomic E-state index is -0.103. The van der Waals surface area contributed by atoms with E-state index in [1.165, 1.54) is 19.3 Å². The number of fused-ring (bicyclic) bond motifs is 1. The Hall–Kier alpha value is -1.88. The van der Waals surface area contributed by atoms with Crippen molar-refractivity contribution in [2.24, 2.45) is 0 Å². The van der Waals surface area contributed by atoms with E-state index in [-0.39, 0.29) is 11.5 Å². The molecule has 2 heterocycles. The van der Waals surface area contributed by atoms with Gasteiger partial charge in [-0.3, -0.25) is 9.89 Å². The van der Waals surface area contributed by atoms with Gasteiger partial charge in [0.2, 0.25) is 0 Å². The lowest BCUT2D eigenvalue weighted by Gasteiger charge is -2.45. The number of amides is 1. The van der Waals surface area contributed by atoms with Crippen molar-refractivity contribution in [2.45, 2.75) is 37.7 Å². The first-order chi connectivity index (χ1) is 10.8. The summed E-state index contributed by atoms with van der Waals surface area (Å²) in [6.07, 6.45) is 7.60. The largest absolute Gasteiger partial charge is 0.371 e. The molecule has 0 radical (unpaired) electrons. The van der Waals surface area contributed by atoms with Crippen molar-refractivity contribution in [2.75, 3.05) is 19.7 Å². The predicted molar refractivity (Wildman–Crippen MR) is 83.8 cm³/mol. The van der Waals surface area contributed by atoms with E-state index in [0.29, 0.717) is 18.7 Å². The van der Waals surface area contributed by atoms with Gasteiger partial charge in [0.1, 0.15) is 0 Å². The summed E-state index contributed by atoms with van der Waals surface area (Å²) in [4.78, 5) is 14.9. The Balaban J connectivity index is 1.61. The monoisotopic (exact) mass is 299 g/mol. The number of benzene rings is 1. The van der Waals surface area contributed by atoms with Gasteiger partial charge in [0.25, 0.3) is 5.91 Å². The summed E-state index contributed by atoms with van der Waals surface area (Å²) < 4.78 is 6.08. The van der Waals surface area contributed by atoms with E-state index in [4.69, 9.17) is 4.74 Å². The molecule has 116 valence electrons. The number of carbonyl (C=O) groups excluding carboxylic acids is 1. The van der Waals surface area contributed by atoms with E-state index in [0.717, 1.165) is 30.3 Å². The molecule has 2 fully saturated rings. The van der Waals surface area contributed by atoms with Crippen molar-refractivity contribution in [3.05, 3.63) is 30.0 Å². The number of ether oxygens (including phenoxy) is 1. The third-order valence-electron chi connectivity index (χ3n) is 5.01. The number of aromatic nitrogens is 2. The van der Waals surface area contributed by atoms with E-state index in [2.05, 4.69) is 10.2 Å². The van der Waals surface area contributed by atoms with E-state index in [1.54, 1.807) is 6.20 Å². The highest BCUT2D eigenvalue weighted by Crippen LogP contribution is 2.35. The molecule has 4 rings (SSSR count). The van der Waals surface area contributed by atoms with Gasteiger partial charge in [-0.1, -0.05) is 31.4 Å². The van der Waals surface area contributed by atoms with Crippen LogP contribution in [0.3, 0.4) is 0 Å². The van der Waals surface area contributed by atoms with Gasteiger partial charge in [-0.25, -0.2) is 0 Å². The number of nitrogens with zero attached hydrogens (tertiary/aromatic N) is 2. The zero-order valence-electron chi connectivity index (χ0n) is 12.7. The molecule has 5 nitrogen and oxygen atoms in total. The van der Waals surface area contributed by atoms with Crippen LogP contribution in [0.15, 0.2) is 24.4 Å². The van der Waals surface area contributed by atoms with Crippen LogP contribution in [0.2, 0.25) is 0 Å². The predicted octanol–water partition coefficient (Wildman–Crippen LogP) is 2.74. The van der Waals surface area contributed by atoms with Crippen LogP contribution in [-0.4, -0.2) is 46.3 Å². The average molecular weight is 299 g/mol. The van der Waals surface area contributed by atoms with Crippen molar-refractivity contribution in [1.82, 2.24) is 15.1 Å². The van der Waals surface area contributed by atoms with Gasteiger partial charge in [-0.05, 0) is 18.9 Å². The number of morpholine rings is 1. The first-order valence-corrected chi connectivity index (χ1v) is 8.13. The highest BCUT2D eigenvalue weighted by molar-refractivity contribution is 6.05. The standard InChI is InChI=1S/C17H21N3O2/c21-16(14-6-4-5-13-11-18-19-15(13)14)20-9-10-22-17(12-20)7-2-1-3-8-17/h4-6,11H,1-3,7-10,12H2,(H,18,19). The lowest BCUT2D eigenvalue weighted by molar-refractivity contribution is -0.117. The zero-order valence-corrected chi connectivity index (χ0v) is 12.7. The SMILES string of the molecule is O=C(c1cccc2cn[nH]c12)N1CCOC2(CCCCC2)C1. The van der Waals surface area contributed by atoms with E-state index in [9.17, 15) is 4.79 Å². The Bertz CT molecular complexity index is 683. The Morgan fingerprint density at radius 3 is 3.00 bits per heavy atom. The fraction of sp³-hybridized carbons (Fsp3) is 0.529. The Morgan fingerprint density at radius 2 is 2.14 bits per heavy atom. The quantitative estimate of drug-likeness (QED) is 0.881. The van der Waals surface area contributed by atoms with Crippen LogP contribution in [-0.2, 0) is 4.74 Å². The van der Waals surface area contributed by atoms with Gasteiger partial charge in [0.15, 0.2) is 0 Å². The van der Waals surface area contributed by atoms with E-state index in [1.807, 2.05) is 23.1 Å². The Kier molecular flexibility index (Phi) is 3.37. The molecule has 0 atom stereocenters. The Morgan fingerprint density at radius 1 is 1.27 bits per heavy atom. The molecule has 0 bridgehead atoms. The fourth-order valence-corrected chi connectivity index (χ4v) is 3.83. The first-order valence-electron chi connectivity index (χ1n) is 8.13. The number of hydrogen-bond donors (Lipinski definition) is 1. The number of para-hydroxylation sites is 1. The molecule has 1 aromatic carbocycles. The molecule has 2 aromatic rings. The zero-order chi connectivity index (χ0) is 15.0. The van der Waals surface area contributed by atoms with Crippen LogP contribution in [0.25, 0.3) is 10.9 Å². The number of carbonyl (C=O) groups is 1. The molecule has 1 amide bonds. The first kappa shape index (κ1) is 13.8. The van der Waals surface area contributed by atoms with Gasteiger partial charge < -0.3 is 9.64 Å². The number of hydrogen-bond acceptors (Lipinski definition) is 3. The van der Waals surface area contributed by atoms with E-state index >= 15 is 0 Å². The number of aromatic amines is 1. The molecule has 22 heavy (non-hydrogen) atoms. The maximum Gasteiger partial charge on any atom is 0.256 e. The van der Waals surface area contributed by atoms with Gasteiger partial charge in [-0.2, -0.15) is 5.10 Å². The van der Waals surface area contributed by atoms with Crippen LogP contribution < -0.4 is 0 Å². The maximum absolute atomic E-state index is 13.0. The van der Waals surface area contributed by atoms with Crippen LogP contribution in [0.1, 0.15) is 42.5 Å². The fourth-order valence-electron chi connectivity index (χ4n) is 3.83. The van der Waals surface area contributed by atoms with Gasteiger partial charge >= 0.3 is 0 Å². The Labute approximate surface area is 129 Å². The molecule has 2 aliphatic rings. The molecule has 1 spiro atoms. The molecular formula is C17H21N3O2. The summed E-state index contributed by atoms with van der Waals surface area (Å²) >= 11 is 0. The topological polar surface area (TPSA) is 58.2 Å². The summed E-state index contributed by atoms with van der Waals surface area (Å²) in [6, 6.07) is 5.77. The molecule has 1 aliphatic heterocycles. The normalized spacial score (nSPS) is 21.4. The van der Waals surface area contributed by atoms with Crippen molar-refractivity contribution >= 4 is 16.8 Å². The van der Waals surface area contributed by atoms with Gasteiger partial charge in [0.05, 0.1) is 36.0 Å². The number of H-pyrrole nitrogens is 1. The molecular weight excluding hydrogens is 278 g/mol. The van der Waals surface area contributed by atoms with Gasteiger partial charge in [0, 0.05) is 11.9 Å². The van der Waals surface area contributed by atoms with Gasteiger partial charge in [-0.15, -0.1) is 0 Å². The summed E-state index contributed by atoms with van der Waals surface area (Å²) in [5.74, 6) is 0.0862. The summed E-state index contributed by atoms with van der Waals surface area (Å²) in [5.41, 5.74) is 1.44. The highest BCUT2D eigenvalue weighted by atomic mass is 16.5. The number of nitrogens with one attached hydrogen (secondary N) is 1. The second-order valence-electron chi connectivity index (χ2n) is 6.46. The van der Waals surface area contributed by atoms with Crippen molar-refractivity contribution in [3.63, 3.8) is 0 Å². The molecule has 1 N–H and O–H groups in total. The smallest absolute Gasteiger partial charge is 0.256 e. The molecule has 5 heteroatoms. The van der Waals surface area contributed by atoms with Crippen LogP contribution in [0.5, 0.6) is 0 Å². The molecule has 1 aromatic heterocycles. The van der Waals surface area contributed by atoms with Crippen LogP contribution >= 0.6 is 0 Å². The molecule has 1 saturated carbocycles. The summed E-state index contributed by atoms with van der Waals surface area (Å²) in [5, 5.41) is 7.98. The highest BCUT2D eigenvalue weighted by Gasteiger charge is 2.39. The van der Waals surface area contributed by atoms with Crippen molar-refractivity contribution in [3.8, 4) is 0 Å².